The van der Waals surface area contributed by atoms with Crippen LogP contribution in [-0.4, -0.2) is 38.7 Å². The van der Waals surface area contributed by atoms with Gasteiger partial charge in [0.2, 0.25) is 0 Å². The van der Waals surface area contributed by atoms with E-state index in [1.54, 1.807) is 19.4 Å². The third-order valence-electron chi connectivity index (χ3n) is 5.05. The lowest BCUT2D eigenvalue weighted by Gasteiger charge is -2.11. The molecule has 0 aromatic carbocycles. The van der Waals surface area contributed by atoms with Crippen molar-refractivity contribution in [3.63, 3.8) is 0 Å². The number of aryl methyl sites for hydroxylation is 2. The lowest BCUT2D eigenvalue weighted by atomic mass is 10.1. The van der Waals surface area contributed by atoms with Crippen molar-refractivity contribution < 1.29 is 21.6 Å². The molecule has 11 heteroatoms. The van der Waals surface area contributed by atoms with Crippen LogP contribution in [0.1, 0.15) is 18.2 Å². The molecule has 166 valence electrons. The van der Waals surface area contributed by atoms with Gasteiger partial charge in [0.1, 0.15) is 11.4 Å². The Kier molecular flexibility index (Phi) is 5.24. The van der Waals surface area contributed by atoms with Crippen LogP contribution < -0.4 is 0 Å². The van der Waals surface area contributed by atoms with Gasteiger partial charge in [-0.25, -0.2) is 18.4 Å². The zero-order valence-electron chi connectivity index (χ0n) is 17.3. The number of aromatic nitrogens is 5. The van der Waals surface area contributed by atoms with E-state index in [0.717, 1.165) is 17.8 Å². The van der Waals surface area contributed by atoms with Crippen LogP contribution in [0.15, 0.2) is 47.9 Å². The Morgan fingerprint density at radius 3 is 2.38 bits per heavy atom. The molecule has 4 heterocycles. The van der Waals surface area contributed by atoms with E-state index in [9.17, 15) is 21.6 Å². The molecule has 0 N–H and O–H groups in total. The normalized spacial score (nSPS) is 12.4. The van der Waals surface area contributed by atoms with Gasteiger partial charge >= 0.3 is 6.18 Å². The smallest absolute Gasteiger partial charge is 0.324 e. The van der Waals surface area contributed by atoms with Crippen LogP contribution in [0.3, 0.4) is 0 Å². The number of halogens is 3. The summed E-state index contributed by atoms with van der Waals surface area (Å²) in [4.78, 5) is 16.2. The summed E-state index contributed by atoms with van der Waals surface area (Å²) in [5.74, 6) is -0.0527. The highest BCUT2D eigenvalue weighted by atomic mass is 32.2. The van der Waals surface area contributed by atoms with Gasteiger partial charge in [-0.2, -0.15) is 13.2 Å². The highest BCUT2D eigenvalue weighted by Crippen LogP contribution is 2.33. The van der Waals surface area contributed by atoms with Gasteiger partial charge in [-0.1, -0.05) is 6.92 Å². The molecule has 0 bridgehead atoms. The largest absolute Gasteiger partial charge is 0.433 e. The maximum absolute atomic E-state index is 13.1. The zero-order valence-corrected chi connectivity index (χ0v) is 18.2. The van der Waals surface area contributed by atoms with Crippen LogP contribution in [-0.2, 0) is 23.1 Å². The Morgan fingerprint density at radius 2 is 1.72 bits per heavy atom. The standard InChI is InChI=1S/C21H18F3N5O2S/c1-4-32(30,31)17-6-14(13-5-12(2)8-25-9-13)10-27-19(17)20-28-15-7-18(21(22,23)24)26-11-16(15)29(20)3/h5-11H,4H2,1-3H3. The third kappa shape index (κ3) is 3.83. The van der Waals surface area contributed by atoms with Gasteiger partial charge in [0.25, 0.3) is 0 Å². The predicted octanol–water partition coefficient (Wildman–Crippen LogP) is 4.21. The van der Waals surface area contributed by atoms with E-state index in [1.807, 2.05) is 13.0 Å². The topological polar surface area (TPSA) is 90.6 Å². The van der Waals surface area contributed by atoms with E-state index >= 15 is 0 Å². The molecule has 0 amide bonds. The predicted molar refractivity (Wildman–Crippen MR) is 112 cm³/mol. The van der Waals surface area contributed by atoms with E-state index < -0.39 is 21.7 Å². The molecule has 0 aliphatic rings. The molecule has 0 saturated heterocycles. The Morgan fingerprint density at radius 1 is 1.00 bits per heavy atom. The van der Waals surface area contributed by atoms with Crippen LogP contribution >= 0.6 is 0 Å². The van der Waals surface area contributed by atoms with Crippen LogP contribution in [0.4, 0.5) is 13.2 Å². The third-order valence-corrected chi connectivity index (χ3v) is 6.79. The second-order valence-corrected chi connectivity index (χ2v) is 9.52. The van der Waals surface area contributed by atoms with Gasteiger partial charge in [-0.3, -0.25) is 9.97 Å². The van der Waals surface area contributed by atoms with E-state index in [2.05, 4.69) is 19.9 Å². The maximum atomic E-state index is 13.1. The summed E-state index contributed by atoms with van der Waals surface area (Å²) >= 11 is 0. The number of alkyl halides is 3. The average Bonchev–Trinajstić information content (AvgIpc) is 3.08. The SMILES string of the molecule is CCS(=O)(=O)c1cc(-c2cncc(C)c2)cnc1-c1nc2cc(C(F)(F)F)ncc2n1C. The molecular weight excluding hydrogens is 443 g/mol. The highest BCUT2D eigenvalue weighted by Gasteiger charge is 2.33. The molecule has 0 atom stereocenters. The van der Waals surface area contributed by atoms with Crippen molar-refractivity contribution in [2.75, 3.05) is 5.75 Å². The van der Waals surface area contributed by atoms with Gasteiger partial charge in [0.15, 0.2) is 15.7 Å². The minimum absolute atomic E-state index is 0.0402. The van der Waals surface area contributed by atoms with Crippen molar-refractivity contribution in [3.8, 4) is 22.6 Å². The van der Waals surface area contributed by atoms with Crippen LogP contribution in [0.2, 0.25) is 0 Å². The first-order chi connectivity index (χ1) is 15.0. The van der Waals surface area contributed by atoms with Crippen molar-refractivity contribution in [1.82, 2.24) is 24.5 Å². The summed E-state index contributed by atoms with van der Waals surface area (Å²) in [5.41, 5.74) is 1.49. The first-order valence-corrected chi connectivity index (χ1v) is 11.2. The molecule has 7 nitrogen and oxygen atoms in total. The monoisotopic (exact) mass is 461 g/mol. The molecule has 0 saturated carbocycles. The van der Waals surface area contributed by atoms with Gasteiger partial charge < -0.3 is 4.57 Å². The second-order valence-electron chi connectivity index (χ2n) is 7.28. The fourth-order valence-electron chi connectivity index (χ4n) is 3.33. The zero-order chi connectivity index (χ0) is 23.3. The lowest BCUT2D eigenvalue weighted by molar-refractivity contribution is -0.141. The Bertz CT molecular complexity index is 1450. The molecule has 0 unspecified atom stereocenters. The van der Waals surface area contributed by atoms with Crippen molar-refractivity contribution in [2.24, 2.45) is 7.05 Å². The maximum Gasteiger partial charge on any atom is 0.433 e. The minimum Gasteiger partial charge on any atom is -0.324 e. The molecule has 0 fully saturated rings. The molecule has 0 spiro atoms. The molecule has 4 aromatic heterocycles. The number of sulfone groups is 1. The fraction of sp³-hybridized carbons (Fsp3) is 0.238. The van der Waals surface area contributed by atoms with Gasteiger partial charge in [0.05, 0.1) is 27.9 Å². The van der Waals surface area contributed by atoms with Crippen LogP contribution in [0.25, 0.3) is 33.7 Å². The summed E-state index contributed by atoms with van der Waals surface area (Å²) in [7, 11) is -2.16. The lowest BCUT2D eigenvalue weighted by Crippen LogP contribution is -2.09. The van der Waals surface area contributed by atoms with E-state index in [-0.39, 0.29) is 27.7 Å². The molecular formula is C21H18F3N5O2S. The van der Waals surface area contributed by atoms with Crippen molar-refractivity contribution in [2.45, 2.75) is 24.9 Å². The first kappa shape index (κ1) is 21.9. The van der Waals surface area contributed by atoms with Gasteiger partial charge in [0, 0.05) is 36.8 Å². The molecule has 4 aromatic rings. The number of pyridine rings is 3. The van der Waals surface area contributed by atoms with Crippen molar-refractivity contribution >= 4 is 20.9 Å². The Balaban J connectivity index is 1.95. The Labute approximate surface area is 181 Å². The number of imidazole rings is 1. The van der Waals surface area contributed by atoms with Gasteiger partial charge in [-0.15, -0.1) is 0 Å². The summed E-state index contributed by atoms with van der Waals surface area (Å²) in [6.45, 7) is 3.37. The molecule has 32 heavy (non-hydrogen) atoms. The van der Waals surface area contributed by atoms with E-state index in [4.69, 9.17) is 0 Å². The second kappa shape index (κ2) is 7.66. The van der Waals surface area contributed by atoms with Crippen LogP contribution in [0, 0.1) is 6.92 Å². The fourth-order valence-corrected chi connectivity index (χ4v) is 4.39. The summed E-state index contributed by atoms with van der Waals surface area (Å²) in [5, 5.41) is 0. The number of fused-ring (bicyclic) bond motifs is 1. The minimum atomic E-state index is -4.62. The number of nitrogens with zero attached hydrogens (tertiary/aromatic N) is 5. The molecule has 0 aliphatic carbocycles. The number of hydrogen-bond donors (Lipinski definition) is 0. The van der Waals surface area contributed by atoms with E-state index in [1.165, 1.54) is 23.8 Å². The molecule has 0 radical (unpaired) electrons. The quantitative estimate of drug-likeness (QED) is 0.452. The van der Waals surface area contributed by atoms with Gasteiger partial charge in [-0.05, 0) is 30.7 Å². The van der Waals surface area contributed by atoms with Crippen molar-refractivity contribution in [1.29, 1.82) is 0 Å². The number of rotatable bonds is 4. The Hall–Kier alpha value is -3.34. The van der Waals surface area contributed by atoms with E-state index in [0.29, 0.717) is 16.6 Å². The molecule has 4 rings (SSSR count). The summed E-state index contributed by atoms with van der Waals surface area (Å²) < 4.78 is 66.4. The summed E-state index contributed by atoms with van der Waals surface area (Å²) in [6.07, 6.45) is 1.22. The highest BCUT2D eigenvalue weighted by molar-refractivity contribution is 7.91. The van der Waals surface area contributed by atoms with Crippen LogP contribution in [0.5, 0.6) is 0 Å². The average molecular weight is 461 g/mol. The first-order valence-electron chi connectivity index (χ1n) is 9.56. The number of hydrogen-bond acceptors (Lipinski definition) is 6. The van der Waals surface area contributed by atoms with Crippen molar-refractivity contribution in [3.05, 3.63) is 54.2 Å². The summed E-state index contributed by atoms with van der Waals surface area (Å²) in [6, 6.07) is 4.18. The molecule has 0 aliphatic heterocycles.